The fourth-order valence-electron chi connectivity index (χ4n) is 6.91. The van der Waals surface area contributed by atoms with Gasteiger partial charge in [-0.15, -0.1) is 17.5 Å². The number of nitrogens with zero attached hydrogens (tertiary/aromatic N) is 1. The van der Waals surface area contributed by atoms with Crippen molar-refractivity contribution in [3.8, 4) is 22.8 Å². The van der Waals surface area contributed by atoms with Crippen molar-refractivity contribution < 1.29 is 38.9 Å². The van der Waals surface area contributed by atoms with E-state index in [2.05, 4.69) is 59.7 Å². The summed E-state index contributed by atoms with van der Waals surface area (Å²) in [4.78, 5) is 17.2. The Morgan fingerprint density at radius 2 is 1.58 bits per heavy atom. The van der Waals surface area contributed by atoms with Gasteiger partial charge in [-0.05, 0) is 86.2 Å². The summed E-state index contributed by atoms with van der Waals surface area (Å²) in [6.07, 6.45) is 6.95. The molecule has 3 aromatic carbocycles. The Kier molecular flexibility index (Phi) is 11.9. The van der Waals surface area contributed by atoms with Crippen LogP contribution in [0.5, 0.6) is 11.5 Å². The van der Waals surface area contributed by atoms with Crippen LogP contribution >= 0.6 is 0 Å². The first-order valence-corrected chi connectivity index (χ1v) is 18.1. The van der Waals surface area contributed by atoms with Crippen molar-refractivity contribution in [3.63, 3.8) is 0 Å². The quantitative estimate of drug-likeness (QED) is 0.0911. The molecule has 0 amide bonds. The van der Waals surface area contributed by atoms with Crippen LogP contribution in [-0.4, -0.2) is 15.9 Å². The molecule has 0 bridgehead atoms. The maximum atomic E-state index is 12.4. The fraction of sp³-hybridized carbons (Fsp3) is 0.511. The number of aromatic nitrogens is 1. The largest absolute Gasteiger partial charge is 0.512 e. The minimum atomic E-state index is -2.17. The zero-order chi connectivity index (χ0) is 39.0. The van der Waals surface area contributed by atoms with Crippen molar-refractivity contribution in [1.82, 2.24) is 4.98 Å². The Bertz CT molecular complexity index is 1970. The molecule has 1 radical (unpaired) electrons. The first kappa shape index (κ1) is 36.8. The third-order valence-electron chi connectivity index (χ3n) is 10.1. The molecule has 0 atom stereocenters. The number of ether oxygens (including phenoxy) is 1. The maximum Gasteiger partial charge on any atom is 0.167 e. The summed E-state index contributed by atoms with van der Waals surface area (Å²) in [5.74, 6) is 2.14. The number of carbonyl (C=O) groups is 1. The molecule has 5 heteroatoms. The molecule has 5 rings (SSSR count). The van der Waals surface area contributed by atoms with Gasteiger partial charge in [-0.25, -0.2) is 0 Å². The summed E-state index contributed by atoms with van der Waals surface area (Å²) < 4.78 is 30.4. The second kappa shape index (κ2) is 16.1. The number of hydrogen-bond donors (Lipinski definition) is 1. The predicted molar refractivity (Wildman–Crippen MR) is 208 cm³/mol. The van der Waals surface area contributed by atoms with Gasteiger partial charge in [0.25, 0.3) is 0 Å². The van der Waals surface area contributed by atoms with Crippen molar-refractivity contribution in [1.29, 1.82) is 0 Å². The second-order valence-electron chi connectivity index (χ2n) is 16.6. The number of rotatable bonds is 9. The van der Waals surface area contributed by atoms with Crippen LogP contribution in [0.15, 0.2) is 53.9 Å². The van der Waals surface area contributed by atoms with E-state index in [1.807, 2.05) is 52.9 Å². The molecule has 1 aromatic heterocycles. The van der Waals surface area contributed by atoms with Gasteiger partial charge in [-0.1, -0.05) is 116 Å². The minimum absolute atomic E-state index is 0. The van der Waals surface area contributed by atoms with Crippen LogP contribution in [0, 0.1) is 35.1 Å². The standard InChI is InChI=1S/C30H32NO.C15H28O2.Ir/c1-18-8-9-22-21(12-18)15-23-27-26-20(10-11-31-27)13-19(16-29(2,3)4)14-25(26)32-28(23)24(22)17-30(5,6)7;1-7-12(8-2)13(16)11(5)14(17)15(6,9-3)10-4;/h8-14H,16-17H2,1-7H3;12,16H,7-10H2,1-6H3;/q-1;;/b;13-11-;/i1D3;;. The van der Waals surface area contributed by atoms with E-state index in [0.29, 0.717) is 16.9 Å². The molecule has 0 saturated carbocycles. The number of ketones is 1. The molecule has 1 N–H and O–H groups in total. The van der Waals surface area contributed by atoms with Crippen molar-refractivity contribution in [2.24, 2.45) is 22.2 Å². The Morgan fingerprint density at radius 3 is 2.14 bits per heavy atom. The molecular formula is C45H60IrNO3-. The van der Waals surface area contributed by atoms with Gasteiger partial charge < -0.3 is 9.84 Å². The Balaban J connectivity index is 0.000000359. The van der Waals surface area contributed by atoms with Crippen LogP contribution in [0.25, 0.3) is 32.8 Å². The van der Waals surface area contributed by atoms with Gasteiger partial charge >= 0.3 is 0 Å². The van der Waals surface area contributed by atoms with Gasteiger partial charge in [-0.2, -0.15) is 0 Å². The van der Waals surface area contributed by atoms with E-state index >= 15 is 0 Å². The molecule has 0 saturated heterocycles. The van der Waals surface area contributed by atoms with Crippen LogP contribution in [0.2, 0.25) is 0 Å². The molecule has 273 valence electrons. The summed E-state index contributed by atoms with van der Waals surface area (Å²) in [6.45, 7) is 23.1. The van der Waals surface area contributed by atoms with Gasteiger partial charge in [0.15, 0.2) is 5.78 Å². The van der Waals surface area contributed by atoms with Gasteiger partial charge in [0.05, 0.1) is 5.75 Å². The topological polar surface area (TPSA) is 59.4 Å². The molecule has 0 fully saturated rings. The van der Waals surface area contributed by atoms with Crippen LogP contribution in [0.3, 0.4) is 0 Å². The normalized spacial score (nSPS) is 14.4. The molecule has 2 heterocycles. The number of aliphatic hydroxyl groups excluding tert-OH is 1. The average molecular weight is 858 g/mol. The maximum absolute atomic E-state index is 12.4. The number of pyridine rings is 1. The zero-order valence-corrected chi connectivity index (χ0v) is 34.8. The van der Waals surface area contributed by atoms with Gasteiger partial charge in [0.1, 0.15) is 11.5 Å². The van der Waals surface area contributed by atoms with E-state index in [1.54, 1.807) is 19.1 Å². The molecule has 1 aliphatic heterocycles. The zero-order valence-electron chi connectivity index (χ0n) is 35.4. The smallest absolute Gasteiger partial charge is 0.167 e. The Hall–Kier alpha value is -3.01. The van der Waals surface area contributed by atoms with Crippen LogP contribution in [0.4, 0.5) is 0 Å². The van der Waals surface area contributed by atoms with Crippen LogP contribution < -0.4 is 4.74 Å². The number of carbonyl (C=O) groups excluding carboxylic acids is 1. The van der Waals surface area contributed by atoms with Crippen molar-refractivity contribution in [2.45, 2.75) is 128 Å². The SMILES string of the molecule is CCC(CC)/C(O)=C(\C)C(=O)C(C)(CC)CC.[2H]C([2H])([2H])c1ccc2c(CC(C)(C)C)c3c([c-]c2c1)-c1nccc2cc(CC(C)(C)C)cc(c12)O3.[Ir]. The van der Waals surface area contributed by atoms with Crippen molar-refractivity contribution >= 4 is 27.3 Å². The number of allylic oxidation sites excluding steroid dienone is 2. The predicted octanol–water partition coefficient (Wildman–Crippen LogP) is 13.1. The van der Waals surface area contributed by atoms with Gasteiger partial charge in [0.2, 0.25) is 0 Å². The first-order chi connectivity index (χ1) is 24.1. The molecule has 4 aromatic rings. The summed E-state index contributed by atoms with van der Waals surface area (Å²) in [7, 11) is 0. The summed E-state index contributed by atoms with van der Waals surface area (Å²) in [6, 6.07) is 15.3. The average Bonchev–Trinajstić information content (AvgIpc) is 3.06. The molecular weight excluding hydrogens is 795 g/mol. The second-order valence-corrected chi connectivity index (χ2v) is 16.6. The third-order valence-corrected chi connectivity index (χ3v) is 10.1. The third kappa shape index (κ3) is 9.07. The number of hydrogen-bond acceptors (Lipinski definition) is 4. The molecule has 50 heavy (non-hydrogen) atoms. The van der Waals surface area contributed by atoms with Crippen LogP contribution in [0.1, 0.15) is 130 Å². The number of benzene rings is 3. The van der Waals surface area contributed by atoms with E-state index in [9.17, 15) is 9.90 Å². The molecule has 0 spiro atoms. The number of aliphatic hydroxyl groups is 1. The number of fused-ring (bicyclic) bond motifs is 3. The van der Waals surface area contributed by atoms with Crippen molar-refractivity contribution in [2.75, 3.05) is 0 Å². The van der Waals surface area contributed by atoms with E-state index in [4.69, 9.17) is 13.8 Å². The molecule has 4 nitrogen and oxygen atoms in total. The Labute approximate surface area is 320 Å². The van der Waals surface area contributed by atoms with Crippen molar-refractivity contribution in [3.05, 3.63) is 76.7 Å². The first-order valence-electron chi connectivity index (χ1n) is 19.6. The molecule has 0 unspecified atom stereocenters. The fourth-order valence-corrected chi connectivity index (χ4v) is 6.91. The van der Waals surface area contributed by atoms with Crippen LogP contribution in [-0.2, 0) is 37.7 Å². The van der Waals surface area contributed by atoms with E-state index < -0.39 is 6.85 Å². The number of Topliss-reactive ketones (excluding diaryl/α,β-unsaturated/α-hetero) is 1. The summed E-state index contributed by atoms with van der Waals surface area (Å²) >= 11 is 0. The van der Waals surface area contributed by atoms with E-state index in [-0.39, 0.29) is 48.1 Å². The van der Waals surface area contributed by atoms with E-state index in [0.717, 1.165) is 88.4 Å². The Morgan fingerprint density at radius 1 is 0.940 bits per heavy atom. The van der Waals surface area contributed by atoms with E-state index in [1.165, 1.54) is 5.56 Å². The minimum Gasteiger partial charge on any atom is -0.512 e. The molecule has 1 aliphatic rings. The summed E-state index contributed by atoms with van der Waals surface area (Å²) in [5, 5.41) is 14.0. The molecule has 0 aliphatic carbocycles. The summed E-state index contributed by atoms with van der Waals surface area (Å²) in [5.41, 5.74) is 4.67. The van der Waals surface area contributed by atoms with Gasteiger partial charge in [-0.3, -0.25) is 9.78 Å². The number of aryl methyl sites for hydroxylation is 1. The monoisotopic (exact) mass is 858 g/mol. The van der Waals surface area contributed by atoms with Gasteiger partial charge in [0, 0.05) is 58.4 Å².